The average Bonchev–Trinajstić information content (AvgIpc) is 2.71. The number of aryl methyl sites for hydroxylation is 2. The number of amides is 1. The van der Waals surface area contributed by atoms with Crippen molar-refractivity contribution < 1.29 is 14.3 Å². The van der Waals surface area contributed by atoms with E-state index in [4.69, 9.17) is 4.74 Å². The standard InChI is InChI=1S/C24H23NO3/c1-15-10-12-19(18-8-6-5-7-9-18)14-21(15)23(26)25-22-16(2)11-13-20(17(22)3)24(27)28-4/h5-14H,1-4H3,(H,25,26). The van der Waals surface area contributed by atoms with E-state index in [-0.39, 0.29) is 5.91 Å². The fourth-order valence-electron chi connectivity index (χ4n) is 3.23. The second kappa shape index (κ2) is 8.09. The Labute approximate surface area is 165 Å². The van der Waals surface area contributed by atoms with Crippen LogP contribution in [0.1, 0.15) is 37.4 Å². The quantitative estimate of drug-likeness (QED) is 0.630. The van der Waals surface area contributed by atoms with E-state index in [2.05, 4.69) is 5.32 Å². The van der Waals surface area contributed by atoms with Gasteiger partial charge in [0, 0.05) is 11.3 Å². The van der Waals surface area contributed by atoms with Crippen molar-refractivity contribution in [1.82, 2.24) is 0 Å². The summed E-state index contributed by atoms with van der Waals surface area (Å²) in [6, 6.07) is 19.3. The van der Waals surface area contributed by atoms with Crippen LogP contribution in [-0.2, 0) is 4.74 Å². The van der Waals surface area contributed by atoms with E-state index in [1.807, 2.05) is 75.4 Å². The Hall–Kier alpha value is -3.40. The van der Waals surface area contributed by atoms with E-state index in [0.29, 0.717) is 22.4 Å². The smallest absolute Gasteiger partial charge is 0.338 e. The van der Waals surface area contributed by atoms with E-state index in [9.17, 15) is 9.59 Å². The van der Waals surface area contributed by atoms with Crippen molar-refractivity contribution in [1.29, 1.82) is 0 Å². The molecule has 0 fully saturated rings. The molecule has 4 heteroatoms. The third kappa shape index (κ3) is 3.81. The molecule has 0 unspecified atom stereocenters. The van der Waals surface area contributed by atoms with Gasteiger partial charge in [0.25, 0.3) is 5.91 Å². The summed E-state index contributed by atoms with van der Waals surface area (Å²) in [5.41, 5.74) is 6.17. The third-order valence-electron chi connectivity index (χ3n) is 4.91. The van der Waals surface area contributed by atoms with E-state index < -0.39 is 5.97 Å². The molecular weight excluding hydrogens is 350 g/mol. The molecule has 4 nitrogen and oxygen atoms in total. The molecule has 0 bridgehead atoms. The van der Waals surface area contributed by atoms with Gasteiger partial charge in [0.2, 0.25) is 0 Å². The molecule has 1 N–H and O–H groups in total. The predicted molar refractivity (Wildman–Crippen MR) is 112 cm³/mol. The predicted octanol–water partition coefficient (Wildman–Crippen LogP) is 5.32. The molecule has 0 aliphatic heterocycles. The number of benzene rings is 3. The van der Waals surface area contributed by atoms with E-state index in [1.54, 1.807) is 6.07 Å². The molecule has 0 aliphatic carbocycles. The van der Waals surface area contributed by atoms with Gasteiger partial charge in [-0.15, -0.1) is 0 Å². The molecule has 0 saturated heterocycles. The lowest BCUT2D eigenvalue weighted by atomic mass is 9.98. The van der Waals surface area contributed by atoms with E-state index >= 15 is 0 Å². The second-order valence-electron chi connectivity index (χ2n) is 6.77. The number of ether oxygens (including phenoxy) is 1. The Morgan fingerprint density at radius 2 is 1.46 bits per heavy atom. The van der Waals surface area contributed by atoms with Gasteiger partial charge >= 0.3 is 5.97 Å². The van der Waals surface area contributed by atoms with Crippen LogP contribution in [0.3, 0.4) is 0 Å². The van der Waals surface area contributed by atoms with E-state index in [1.165, 1.54) is 7.11 Å². The van der Waals surface area contributed by atoms with Gasteiger partial charge in [0.1, 0.15) is 0 Å². The topological polar surface area (TPSA) is 55.4 Å². The molecule has 0 aliphatic rings. The van der Waals surface area contributed by atoms with E-state index in [0.717, 1.165) is 22.3 Å². The van der Waals surface area contributed by atoms with Gasteiger partial charge in [0.05, 0.1) is 12.7 Å². The summed E-state index contributed by atoms with van der Waals surface area (Å²) in [5, 5.41) is 2.99. The summed E-state index contributed by atoms with van der Waals surface area (Å²) in [6.07, 6.45) is 0. The number of esters is 1. The van der Waals surface area contributed by atoms with Crippen LogP contribution in [0.2, 0.25) is 0 Å². The number of hydrogen-bond donors (Lipinski definition) is 1. The molecule has 0 atom stereocenters. The van der Waals surface area contributed by atoms with Crippen LogP contribution < -0.4 is 5.32 Å². The van der Waals surface area contributed by atoms with Gasteiger partial charge < -0.3 is 10.1 Å². The average molecular weight is 373 g/mol. The summed E-state index contributed by atoms with van der Waals surface area (Å²) in [6.45, 7) is 5.62. The highest BCUT2D eigenvalue weighted by Gasteiger charge is 2.17. The third-order valence-corrected chi connectivity index (χ3v) is 4.91. The lowest BCUT2D eigenvalue weighted by molar-refractivity contribution is 0.0599. The van der Waals surface area contributed by atoms with Crippen molar-refractivity contribution in [3.8, 4) is 11.1 Å². The number of rotatable bonds is 4. The molecule has 3 rings (SSSR count). The molecule has 0 aromatic heterocycles. The summed E-state index contributed by atoms with van der Waals surface area (Å²) < 4.78 is 4.83. The Kier molecular flexibility index (Phi) is 5.59. The summed E-state index contributed by atoms with van der Waals surface area (Å²) in [4.78, 5) is 25.0. The lowest BCUT2D eigenvalue weighted by Gasteiger charge is -2.16. The molecule has 3 aromatic carbocycles. The van der Waals surface area contributed by atoms with Gasteiger partial charge in [-0.25, -0.2) is 4.79 Å². The zero-order valence-corrected chi connectivity index (χ0v) is 16.5. The summed E-state index contributed by atoms with van der Waals surface area (Å²) in [5.74, 6) is -0.626. The first-order valence-corrected chi connectivity index (χ1v) is 9.08. The summed E-state index contributed by atoms with van der Waals surface area (Å²) >= 11 is 0. The molecule has 142 valence electrons. The monoisotopic (exact) mass is 373 g/mol. The molecule has 28 heavy (non-hydrogen) atoms. The molecule has 0 heterocycles. The SMILES string of the molecule is COC(=O)c1ccc(C)c(NC(=O)c2cc(-c3ccccc3)ccc2C)c1C. The van der Waals surface area contributed by atoms with Gasteiger partial charge in [-0.3, -0.25) is 4.79 Å². The highest BCUT2D eigenvalue weighted by molar-refractivity contribution is 6.07. The van der Waals surface area contributed by atoms with Crippen LogP contribution in [0, 0.1) is 20.8 Å². The van der Waals surface area contributed by atoms with Crippen LogP contribution in [0.25, 0.3) is 11.1 Å². The first-order valence-electron chi connectivity index (χ1n) is 9.08. The number of carbonyl (C=O) groups excluding carboxylic acids is 2. The van der Waals surface area contributed by atoms with Gasteiger partial charge in [0.15, 0.2) is 0 Å². The fraction of sp³-hybridized carbons (Fsp3) is 0.167. The second-order valence-corrected chi connectivity index (χ2v) is 6.77. The fourth-order valence-corrected chi connectivity index (χ4v) is 3.23. The number of anilines is 1. The van der Waals surface area contributed by atoms with Crippen LogP contribution in [-0.4, -0.2) is 19.0 Å². The van der Waals surface area contributed by atoms with Gasteiger partial charge in [-0.2, -0.15) is 0 Å². The first kappa shape index (κ1) is 19.4. The van der Waals surface area contributed by atoms with Crippen LogP contribution in [0.5, 0.6) is 0 Å². The molecular formula is C24H23NO3. The van der Waals surface area contributed by atoms with Crippen molar-refractivity contribution in [3.63, 3.8) is 0 Å². The number of methoxy groups -OCH3 is 1. The molecule has 0 spiro atoms. The highest BCUT2D eigenvalue weighted by Crippen LogP contribution is 2.27. The maximum atomic E-state index is 13.0. The Morgan fingerprint density at radius 1 is 0.786 bits per heavy atom. The molecule has 0 saturated carbocycles. The zero-order chi connectivity index (χ0) is 20.3. The van der Waals surface area contributed by atoms with Crippen molar-refractivity contribution in [2.75, 3.05) is 12.4 Å². The minimum Gasteiger partial charge on any atom is -0.465 e. The van der Waals surface area contributed by atoms with Gasteiger partial charge in [-0.05, 0) is 60.7 Å². The maximum absolute atomic E-state index is 13.0. The van der Waals surface area contributed by atoms with Crippen molar-refractivity contribution in [2.24, 2.45) is 0 Å². The number of nitrogens with one attached hydrogen (secondary N) is 1. The van der Waals surface area contributed by atoms with Crippen LogP contribution >= 0.6 is 0 Å². The molecule has 0 radical (unpaired) electrons. The van der Waals surface area contributed by atoms with Gasteiger partial charge in [-0.1, -0.05) is 48.5 Å². The first-order chi connectivity index (χ1) is 13.4. The van der Waals surface area contributed by atoms with Crippen LogP contribution in [0.15, 0.2) is 60.7 Å². The highest BCUT2D eigenvalue weighted by atomic mass is 16.5. The number of hydrogen-bond acceptors (Lipinski definition) is 3. The lowest BCUT2D eigenvalue weighted by Crippen LogP contribution is -2.16. The zero-order valence-electron chi connectivity index (χ0n) is 16.5. The number of carbonyl (C=O) groups is 2. The largest absolute Gasteiger partial charge is 0.465 e. The summed E-state index contributed by atoms with van der Waals surface area (Å²) in [7, 11) is 1.35. The van der Waals surface area contributed by atoms with Crippen molar-refractivity contribution in [3.05, 3.63) is 88.5 Å². The Balaban J connectivity index is 1.97. The molecule has 1 amide bonds. The van der Waals surface area contributed by atoms with Crippen molar-refractivity contribution in [2.45, 2.75) is 20.8 Å². The van der Waals surface area contributed by atoms with Crippen LogP contribution in [0.4, 0.5) is 5.69 Å². The normalized spacial score (nSPS) is 10.4. The maximum Gasteiger partial charge on any atom is 0.338 e. The Morgan fingerprint density at radius 3 is 2.14 bits per heavy atom. The Bertz CT molecular complexity index is 1040. The minimum atomic E-state index is -0.421. The van der Waals surface area contributed by atoms with Crippen molar-refractivity contribution >= 4 is 17.6 Å². The minimum absolute atomic E-state index is 0.205. The molecule has 3 aromatic rings.